The second-order valence-corrected chi connectivity index (χ2v) is 7.24. The van der Waals surface area contributed by atoms with Crippen molar-refractivity contribution in [2.75, 3.05) is 47.8 Å². The van der Waals surface area contributed by atoms with Crippen LogP contribution in [0.3, 0.4) is 0 Å². The molecule has 0 radical (unpaired) electrons. The third kappa shape index (κ3) is 7.20. The SMILES string of the molecule is CN=C(NCCCN1CCCC1C(=O)N(C)C)N(C)Cc1cccc(F)c1.I. The number of likely N-dealkylation sites (N-methyl/N-ethyl adjacent to an activating group) is 1. The van der Waals surface area contributed by atoms with Gasteiger partial charge in [0.1, 0.15) is 5.82 Å². The molecular formula is C20H33FIN5O. The van der Waals surface area contributed by atoms with E-state index < -0.39 is 0 Å². The lowest BCUT2D eigenvalue weighted by Gasteiger charge is -2.26. The molecule has 2 rings (SSSR count). The highest BCUT2D eigenvalue weighted by molar-refractivity contribution is 14.0. The summed E-state index contributed by atoms with van der Waals surface area (Å²) in [6.45, 7) is 3.24. The zero-order chi connectivity index (χ0) is 19.8. The maximum absolute atomic E-state index is 13.3. The van der Waals surface area contributed by atoms with E-state index in [0.717, 1.165) is 50.4 Å². The van der Waals surface area contributed by atoms with Gasteiger partial charge in [0.15, 0.2) is 5.96 Å². The number of carbonyl (C=O) groups is 1. The summed E-state index contributed by atoms with van der Waals surface area (Å²) >= 11 is 0. The Morgan fingerprint density at radius 3 is 2.75 bits per heavy atom. The van der Waals surface area contributed by atoms with E-state index in [2.05, 4.69) is 15.2 Å². The van der Waals surface area contributed by atoms with Crippen molar-refractivity contribution in [3.8, 4) is 0 Å². The van der Waals surface area contributed by atoms with Gasteiger partial charge in [-0.2, -0.15) is 0 Å². The number of halogens is 2. The molecule has 0 aliphatic carbocycles. The van der Waals surface area contributed by atoms with Crippen LogP contribution in [0.5, 0.6) is 0 Å². The fraction of sp³-hybridized carbons (Fsp3) is 0.600. The molecule has 8 heteroatoms. The number of nitrogens with one attached hydrogen (secondary N) is 1. The van der Waals surface area contributed by atoms with Crippen molar-refractivity contribution < 1.29 is 9.18 Å². The van der Waals surface area contributed by atoms with Crippen LogP contribution in [-0.4, -0.2) is 80.4 Å². The highest BCUT2D eigenvalue weighted by Crippen LogP contribution is 2.18. The maximum atomic E-state index is 13.3. The van der Waals surface area contributed by atoms with Crippen molar-refractivity contribution in [1.29, 1.82) is 0 Å². The van der Waals surface area contributed by atoms with Crippen molar-refractivity contribution in [2.24, 2.45) is 4.99 Å². The quantitative estimate of drug-likeness (QED) is 0.268. The fourth-order valence-electron chi connectivity index (χ4n) is 3.52. The molecule has 1 aromatic rings. The first-order valence-electron chi connectivity index (χ1n) is 9.54. The number of rotatable bonds is 7. The average molecular weight is 505 g/mol. The number of guanidine groups is 1. The van der Waals surface area contributed by atoms with E-state index in [-0.39, 0.29) is 41.7 Å². The highest BCUT2D eigenvalue weighted by Gasteiger charge is 2.30. The van der Waals surface area contributed by atoms with E-state index in [9.17, 15) is 9.18 Å². The molecule has 0 aromatic heterocycles. The summed E-state index contributed by atoms with van der Waals surface area (Å²) in [6, 6.07) is 6.63. The van der Waals surface area contributed by atoms with Crippen LogP contribution < -0.4 is 5.32 Å². The smallest absolute Gasteiger partial charge is 0.239 e. The number of benzene rings is 1. The Labute approximate surface area is 185 Å². The van der Waals surface area contributed by atoms with Crippen molar-refractivity contribution in [3.63, 3.8) is 0 Å². The average Bonchev–Trinajstić information content (AvgIpc) is 3.09. The molecule has 1 unspecified atom stereocenters. The molecule has 1 saturated heterocycles. The van der Waals surface area contributed by atoms with Gasteiger partial charge >= 0.3 is 0 Å². The van der Waals surface area contributed by atoms with E-state index in [1.54, 1.807) is 24.1 Å². The van der Waals surface area contributed by atoms with Crippen LogP contribution in [0.2, 0.25) is 0 Å². The third-order valence-electron chi connectivity index (χ3n) is 4.88. The summed E-state index contributed by atoms with van der Waals surface area (Å²) in [7, 11) is 7.32. The van der Waals surface area contributed by atoms with Crippen molar-refractivity contribution in [1.82, 2.24) is 20.0 Å². The van der Waals surface area contributed by atoms with E-state index in [0.29, 0.717) is 6.54 Å². The Kier molecular flexibility index (Phi) is 10.7. The van der Waals surface area contributed by atoms with E-state index >= 15 is 0 Å². The van der Waals surface area contributed by atoms with Gasteiger partial charge in [-0.1, -0.05) is 12.1 Å². The molecule has 1 aromatic carbocycles. The molecule has 1 amide bonds. The predicted molar refractivity (Wildman–Crippen MR) is 123 cm³/mol. The predicted octanol–water partition coefficient (Wildman–Crippen LogP) is 2.39. The van der Waals surface area contributed by atoms with Gasteiger partial charge in [-0.3, -0.25) is 14.7 Å². The molecule has 1 aliphatic rings. The van der Waals surface area contributed by atoms with Crippen LogP contribution in [0.1, 0.15) is 24.8 Å². The van der Waals surface area contributed by atoms with Gasteiger partial charge in [-0.15, -0.1) is 24.0 Å². The number of amides is 1. The Morgan fingerprint density at radius 1 is 1.36 bits per heavy atom. The molecule has 28 heavy (non-hydrogen) atoms. The number of hydrogen-bond acceptors (Lipinski definition) is 3. The number of nitrogens with zero attached hydrogens (tertiary/aromatic N) is 4. The molecule has 1 fully saturated rings. The van der Waals surface area contributed by atoms with Gasteiger partial charge in [0, 0.05) is 47.8 Å². The lowest BCUT2D eigenvalue weighted by Crippen LogP contribution is -2.44. The summed E-state index contributed by atoms with van der Waals surface area (Å²) in [6.07, 6.45) is 2.96. The first-order chi connectivity index (χ1) is 12.9. The van der Waals surface area contributed by atoms with Crippen molar-refractivity contribution in [3.05, 3.63) is 35.6 Å². The van der Waals surface area contributed by atoms with Crippen LogP contribution in [0.25, 0.3) is 0 Å². The molecule has 0 bridgehead atoms. The Bertz CT molecular complexity index is 655. The number of carbonyl (C=O) groups excluding carboxylic acids is 1. The van der Waals surface area contributed by atoms with Crippen LogP contribution in [0.15, 0.2) is 29.3 Å². The monoisotopic (exact) mass is 505 g/mol. The Balaban J connectivity index is 0.00000392. The van der Waals surface area contributed by atoms with Gasteiger partial charge < -0.3 is 15.1 Å². The van der Waals surface area contributed by atoms with E-state index in [1.807, 2.05) is 32.1 Å². The zero-order valence-electron chi connectivity index (χ0n) is 17.3. The van der Waals surface area contributed by atoms with Crippen LogP contribution in [0, 0.1) is 5.82 Å². The highest BCUT2D eigenvalue weighted by atomic mass is 127. The topological polar surface area (TPSA) is 51.2 Å². The molecule has 6 nitrogen and oxygen atoms in total. The molecular weight excluding hydrogens is 472 g/mol. The van der Waals surface area contributed by atoms with Gasteiger partial charge in [-0.05, 0) is 43.5 Å². The van der Waals surface area contributed by atoms with Gasteiger partial charge in [0.2, 0.25) is 5.91 Å². The summed E-state index contributed by atoms with van der Waals surface area (Å²) in [5, 5.41) is 3.35. The minimum Gasteiger partial charge on any atom is -0.356 e. The third-order valence-corrected chi connectivity index (χ3v) is 4.88. The summed E-state index contributed by atoms with van der Waals surface area (Å²) in [5.41, 5.74) is 0.905. The van der Waals surface area contributed by atoms with Crippen LogP contribution in [0.4, 0.5) is 4.39 Å². The Morgan fingerprint density at radius 2 is 2.11 bits per heavy atom. The normalized spacial score (nSPS) is 17.2. The fourth-order valence-corrected chi connectivity index (χ4v) is 3.52. The summed E-state index contributed by atoms with van der Waals surface area (Å²) in [5.74, 6) is 0.754. The lowest BCUT2D eigenvalue weighted by molar-refractivity contribution is -0.133. The molecule has 1 N–H and O–H groups in total. The van der Waals surface area contributed by atoms with E-state index in [4.69, 9.17) is 0 Å². The second kappa shape index (κ2) is 12.2. The second-order valence-electron chi connectivity index (χ2n) is 7.24. The van der Waals surface area contributed by atoms with Crippen LogP contribution in [-0.2, 0) is 11.3 Å². The minimum absolute atomic E-state index is 0. The number of likely N-dealkylation sites (tertiary alicyclic amines) is 1. The molecule has 1 heterocycles. The molecule has 1 aliphatic heterocycles. The van der Waals surface area contributed by atoms with Gasteiger partial charge in [-0.25, -0.2) is 4.39 Å². The summed E-state index contributed by atoms with van der Waals surface area (Å²) < 4.78 is 13.3. The maximum Gasteiger partial charge on any atom is 0.239 e. The number of aliphatic imine (C=N–C) groups is 1. The molecule has 0 spiro atoms. The van der Waals surface area contributed by atoms with Crippen LogP contribution >= 0.6 is 24.0 Å². The molecule has 158 valence electrons. The first kappa shape index (κ1) is 24.6. The minimum atomic E-state index is -0.226. The summed E-state index contributed by atoms with van der Waals surface area (Å²) in [4.78, 5) is 22.5. The molecule has 0 saturated carbocycles. The standard InChI is InChI=1S/C20H32FN5O.HI/c1-22-20(25(4)15-16-8-5-9-17(21)14-16)23-11-7-13-26-12-6-10-18(26)19(27)24(2)3;/h5,8-9,14,18H,6-7,10-13,15H2,1-4H3,(H,22,23);1H. The number of hydrogen-bond donors (Lipinski definition) is 1. The largest absolute Gasteiger partial charge is 0.356 e. The van der Waals surface area contributed by atoms with Gasteiger partial charge in [0.05, 0.1) is 6.04 Å². The van der Waals surface area contributed by atoms with Gasteiger partial charge in [0.25, 0.3) is 0 Å². The van der Waals surface area contributed by atoms with Crippen molar-refractivity contribution >= 4 is 35.8 Å². The Hall–Kier alpha value is -1.42. The zero-order valence-corrected chi connectivity index (χ0v) is 19.7. The molecule has 1 atom stereocenters. The van der Waals surface area contributed by atoms with Crippen molar-refractivity contribution in [2.45, 2.75) is 31.8 Å². The lowest BCUT2D eigenvalue weighted by atomic mass is 10.2. The van der Waals surface area contributed by atoms with E-state index in [1.165, 1.54) is 6.07 Å². The first-order valence-corrected chi connectivity index (χ1v) is 9.54.